The number of phosphoric ester groups is 1. The number of carbonyl (C=O) groups excluding carboxylic acids is 2. The summed E-state index contributed by atoms with van der Waals surface area (Å²) in [5, 5.41) is 0. The van der Waals surface area contributed by atoms with Crippen LogP contribution in [-0.2, 0) is 32.7 Å². The van der Waals surface area contributed by atoms with Crippen molar-refractivity contribution in [2.24, 2.45) is 0 Å². The van der Waals surface area contributed by atoms with Crippen LogP contribution in [0.15, 0.2) is 12.2 Å². The van der Waals surface area contributed by atoms with Crippen molar-refractivity contribution in [1.29, 1.82) is 0 Å². The largest absolute Gasteiger partial charge is 0.472 e. The molecule has 0 aromatic heterocycles. The van der Waals surface area contributed by atoms with Crippen LogP contribution >= 0.6 is 7.82 Å². The van der Waals surface area contributed by atoms with Crippen LogP contribution in [0.25, 0.3) is 0 Å². The van der Waals surface area contributed by atoms with Crippen molar-refractivity contribution in [3.8, 4) is 0 Å². The third kappa shape index (κ3) is 44.1. The van der Waals surface area contributed by atoms with Gasteiger partial charge in [0, 0.05) is 19.4 Å². The maximum Gasteiger partial charge on any atom is 0.472 e. The predicted octanol–water partition coefficient (Wildman–Crippen LogP) is 14.0. The standard InChI is InChI=1S/C47H92NO8P/c1-5-7-9-11-13-15-17-19-21-22-23-24-26-27-29-31-33-35-37-39-46(49)53-43-45(44-55-57(51,52)54-42-41-48(3)4)56-47(50)40-38-36-34-32-30-28-25-20-18-16-14-12-10-8-6-2/h19,21,45H,5-18,20,22-44H2,1-4H3,(H,51,52)/b21-19-. The Morgan fingerprint density at radius 1 is 0.526 bits per heavy atom. The molecule has 0 saturated carbocycles. The SMILES string of the molecule is CCCCCCCC/C=C\CCCCCCCCCCCC(=O)OCC(COP(=O)(O)OCCN(C)C)OC(=O)CCCCCCCCCCCCCCCCC. The summed E-state index contributed by atoms with van der Waals surface area (Å²) in [5.41, 5.74) is 0. The van der Waals surface area contributed by atoms with Gasteiger partial charge in [0.2, 0.25) is 0 Å². The van der Waals surface area contributed by atoms with Crippen LogP contribution in [-0.4, -0.2) is 68.3 Å². The maximum absolute atomic E-state index is 12.7. The molecule has 9 nitrogen and oxygen atoms in total. The van der Waals surface area contributed by atoms with Gasteiger partial charge in [-0.15, -0.1) is 0 Å². The second-order valence-electron chi connectivity index (χ2n) is 16.6. The number of allylic oxidation sites excluding steroid dienone is 2. The Bertz CT molecular complexity index is 962. The first-order valence-corrected chi connectivity index (χ1v) is 25.5. The van der Waals surface area contributed by atoms with E-state index in [1.807, 2.05) is 19.0 Å². The van der Waals surface area contributed by atoms with Crippen LogP contribution in [0.1, 0.15) is 232 Å². The summed E-state index contributed by atoms with van der Waals surface area (Å²) >= 11 is 0. The molecule has 0 bridgehead atoms. The minimum Gasteiger partial charge on any atom is -0.462 e. The molecule has 0 aliphatic carbocycles. The quantitative estimate of drug-likeness (QED) is 0.0277. The Balaban J connectivity index is 4.18. The van der Waals surface area contributed by atoms with Gasteiger partial charge in [-0.2, -0.15) is 0 Å². The number of hydrogen-bond acceptors (Lipinski definition) is 8. The molecule has 0 fully saturated rings. The van der Waals surface area contributed by atoms with E-state index >= 15 is 0 Å². The van der Waals surface area contributed by atoms with E-state index < -0.39 is 26.5 Å². The molecule has 57 heavy (non-hydrogen) atoms. The molecule has 2 unspecified atom stereocenters. The maximum atomic E-state index is 12.7. The summed E-state index contributed by atoms with van der Waals surface area (Å²) in [7, 11) is -0.702. The summed E-state index contributed by atoms with van der Waals surface area (Å²) in [6.45, 7) is 4.36. The summed E-state index contributed by atoms with van der Waals surface area (Å²) in [6.07, 6.45) is 43.9. The number of rotatable bonds is 45. The molecule has 1 N–H and O–H groups in total. The van der Waals surface area contributed by atoms with Crippen LogP contribution in [0, 0.1) is 0 Å². The Morgan fingerprint density at radius 3 is 1.30 bits per heavy atom. The Hall–Kier alpha value is -1.25. The van der Waals surface area contributed by atoms with Gasteiger partial charge in [-0.3, -0.25) is 18.6 Å². The van der Waals surface area contributed by atoms with Gasteiger partial charge >= 0.3 is 19.8 Å². The number of unbranched alkanes of at least 4 members (excludes halogenated alkanes) is 29. The topological polar surface area (TPSA) is 112 Å². The van der Waals surface area contributed by atoms with E-state index in [0.29, 0.717) is 19.4 Å². The molecule has 0 heterocycles. The van der Waals surface area contributed by atoms with Gasteiger partial charge < -0.3 is 19.3 Å². The van der Waals surface area contributed by atoms with E-state index in [9.17, 15) is 19.0 Å². The summed E-state index contributed by atoms with van der Waals surface area (Å²) < 4.78 is 33.6. The van der Waals surface area contributed by atoms with Gasteiger partial charge in [0.15, 0.2) is 6.10 Å². The number of ether oxygens (including phenoxy) is 2. The van der Waals surface area contributed by atoms with Crippen LogP contribution in [0.4, 0.5) is 0 Å². The van der Waals surface area contributed by atoms with Crippen molar-refractivity contribution in [2.45, 2.75) is 238 Å². The lowest BCUT2D eigenvalue weighted by Crippen LogP contribution is -2.29. The van der Waals surface area contributed by atoms with E-state index in [-0.39, 0.29) is 25.6 Å². The molecule has 0 aliphatic rings. The highest BCUT2D eigenvalue weighted by molar-refractivity contribution is 7.47. The molecular formula is C47H92NO8P. The highest BCUT2D eigenvalue weighted by atomic mass is 31.2. The third-order valence-corrected chi connectivity index (χ3v) is 11.6. The van der Waals surface area contributed by atoms with Crippen LogP contribution in [0.5, 0.6) is 0 Å². The van der Waals surface area contributed by atoms with Gasteiger partial charge in [-0.1, -0.05) is 193 Å². The zero-order chi connectivity index (χ0) is 41.9. The monoisotopic (exact) mass is 830 g/mol. The molecule has 0 spiro atoms. The fourth-order valence-electron chi connectivity index (χ4n) is 6.86. The van der Waals surface area contributed by atoms with Crippen LogP contribution in [0.3, 0.4) is 0 Å². The number of hydrogen-bond donors (Lipinski definition) is 1. The summed E-state index contributed by atoms with van der Waals surface area (Å²) in [4.78, 5) is 37.1. The van der Waals surface area contributed by atoms with E-state index in [0.717, 1.165) is 32.1 Å². The highest BCUT2D eigenvalue weighted by Crippen LogP contribution is 2.43. The average molecular weight is 830 g/mol. The summed E-state index contributed by atoms with van der Waals surface area (Å²) in [6, 6.07) is 0. The van der Waals surface area contributed by atoms with Gasteiger partial charge in [0.25, 0.3) is 0 Å². The molecule has 0 rings (SSSR count). The fourth-order valence-corrected chi connectivity index (χ4v) is 7.60. The number of nitrogens with zero attached hydrogens (tertiary/aromatic N) is 1. The first-order valence-electron chi connectivity index (χ1n) is 24.0. The Morgan fingerprint density at radius 2 is 0.895 bits per heavy atom. The molecule has 0 aliphatic heterocycles. The van der Waals surface area contributed by atoms with Crippen molar-refractivity contribution < 1.29 is 37.6 Å². The molecule has 0 amide bonds. The van der Waals surface area contributed by atoms with Gasteiger partial charge in [0.1, 0.15) is 6.61 Å². The summed E-state index contributed by atoms with van der Waals surface area (Å²) in [5.74, 6) is -0.792. The molecule has 10 heteroatoms. The van der Waals surface area contributed by atoms with Crippen LogP contribution < -0.4 is 0 Å². The van der Waals surface area contributed by atoms with Gasteiger partial charge in [-0.25, -0.2) is 4.57 Å². The molecule has 0 aromatic rings. The molecule has 338 valence electrons. The molecule has 0 radical (unpaired) electrons. The first-order chi connectivity index (χ1) is 27.7. The smallest absolute Gasteiger partial charge is 0.462 e. The average Bonchev–Trinajstić information content (AvgIpc) is 3.18. The van der Waals surface area contributed by atoms with Gasteiger partial charge in [-0.05, 0) is 52.6 Å². The van der Waals surface area contributed by atoms with Crippen molar-refractivity contribution in [3.63, 3.8) is 0 Å². The zero-order valence-corrected chi connectivity index (χ0v) is 38.7. The Kier molecular flexibility index (Phi) is 41.9. The molecular weight excluding hydrogens is 737 g/mol. The molecule has 0 aromatic carbocycles. The predicted molar refractivity (Wildman–Crippen MR) is 239 cm³/mol. The lowest BCUT2D eigenvalue weighted by atomic mass is 10.0. The Labute approximate surface area is 352 Å². The minimum atomic E-state index is -4.36. The highest BCUT2D eigenvalue weighted by Gasteiger charge is 2.26. The molecule has 2 atom stereocenters. The number of phosphoric acid groups is 1. The van der Waals surface area contributed by atoms with Gasteiger partial charge in [0.05, 0.1) is 13.2 Å². The van der Waals surface area contributed by atoms with Crippen molar-refractivity contribution >= 4 is 19.8 Å². The lowest BCUT2D eigenvalue weighted by Gasteiger charge is -2.20. The lowest BCUT2D eigenvalue weighted by molar-refractivity contribution is -0.161. The van der Waals surface area contributed by atoms with E-state index in [1.54, 1.807) is 0 Å². The second-order valence-corrected chi connectivity index (χ2v) is 18.1. The third-order valence-electron chi connectivity index (χ3n) is 10.6. The van der Waals surface area contributed by atoms with Crippen LogP contribution in [0.2, 0.25) is 0 Å². The molecule has 0 saturated heterocycles. The van der Waals surface area contributed by atoms with Crippen molar-refractivity contribution in [1.82, 2.24) is 4.90 Å². The number of esters is 2. The van der Waals surface area contributed by atoms with E-state index in [4.69, 9.17) is 18.5 Å². The number of carbonyl (C=O) groups is 2. The fraction of sp³-hybridized carbons (Fsp3) is 0.915. The van der Waals surface area contributed by atoms with Crippen molar-refractivity contribution in [3.05, 3.63) is 12.2 Å². The zero-order valence-electron chi connectivity index (χ0n) is 37.8. The minimum absolute atomic E-state index is 0.0106. The van der Waals surface area contributed by atoms with E-state index in [1.165, 1.54) is 167 Å². The first kappa shape index (κ1) is 55.8. The van der Waals surface area contributed by atoms with E-state index in [2.05, 4.69) is 26.0 Å². The van der Waals surface area contributed by atoms with Crippen molar-refractivity contribution in [2.75, 3.05) is 40.5 Å². The number of likely N-dealkylation sites (N-methyl/N-ethyl adjacent to an activating group) is 1. The second kappa shape index (κ2) is 42.9. The normalized spacial score (nSPS) is 13.4.